The first-order valence-corrected chi connectivity index (χ1v) is 14.5. The predicted molar refractivity (Wildman–Crippen MR) is 143 cm³/mol. The number of carbonyl (C=O) groups excluding carboxylic acids is 1. The molecule has 1 saturated heterocycles. The number of hydrogen-bond acceptors (Lipinski definition) is 6. The minimum absolute atomic E-state index is 0.0429. The SMILES string of the molecule is CCC1CCCCN1S(=O)(=O)c1ccc(C(=O)N(CCCN(C)C)c2nc3ccccc3s2)cc1. The lowest BCUT2D eigenvalue weighted by atomic mass is 10.0. The molecule has 0 radical (unpaired) electrons. The number of benzene rings is 2. The van der Waals surface area contributed by atoms with Gasteiger partial charge < -0.3 is 4.90 Å². The van der Waals surface area contributed by atoms with Gasteiger partial charge in [0.1, 0.15) is 0 Å². The molecule has 1 fully saturated rings. The van der Waals surface area contributed by atoms with E-state index in [1.807, 2.05) is 45.3 Å². The number of piperidine rings is 1. The second kappa shape index (κ2) is 11.2. The van der Waals surface area contributed by atoms with Crippen LogP contribution in [0.3, 0.4) is 0 Å². The molecule has 1 amide bonds. The highest BCUT2D eigenvalue weighted by atomic mass is 32.2. The second-order valence-electron chi connectivity index (χ2n) is 9.28. The molecule has 0 spiro atoms. The second-order valence-corrected chi connectivity index (χ2v) is 12.2. The number of hydrogen-bond donors (Lipinski definition) is 0. The Labute approximate surface area is 212 Å². The van der Waals surface area contributed by atoms with Crippen molar-refractivity contribution in [2.45, 2.75) is 50.0 Å². The van der Waals surface area contributed by atoms with E-state index in [1.165, 1.54) is 11.3 Å². The van der Waals surface area contributed by atoms with Crippen molar-refractivity contribution in [2.75, 3.05) is 38.6 Å². The number of aromatic nitrogens is 1. The Morgan fingerprint density at radius 2 is 1.83 bits per heavy atom. The van der Waals surface area contributed by atoms with E-state index in [0.29, 0.717) is 23.8 Å². The molecule has 0 N–H and O–H groups in total. The van der Waals surface area contributed by atoms with E-state index in [0.717, 1.165) is 48.9 Å². The van der Waals surface area contributed by atoms with Gasteiger partial charge in [0.25, 0.3) is 5.91 Å². The monoisotopic (exact) mass is 514 g/mol. The van der Waals surface area contributed by atoms with Crippen LogP contribution < -0.4 is 4.90 Å². The fourth-order valence-corrected chi connectivity index (χ4v) is 7.32. The maximum atomic E-state index is 13.6. The number of anilines is 1. The zero-order valence-electron chi connectivity index (χ0n) is 20.7. The molecule has 1 aliphatic heterocycles. The fourth-order valence-electron chi connectivity index (χ4n) is 4.56. The molecule has 0 bridgehead atoms. The summed E-state index contributed by atoms with van der Waals surface area (Å²) in [5.41, 5.74) is 1.32. The first-order chi connectivity index (χ1) is 16.8. The molecule has 1 aromatic heterocycles. The third-order valence-corrected chi connectivity index (χ3v) is 9.52. The van der Waals surface area contributed by atoms with Gasteiger partial charge in [0.2, 0.25) is 10.0 Å². The van der Waals surface area contributed by atoms with Crippen molar-refractivity contribution in [1.82, 2.24) is 14.2 Å². The molecule has 4 rings (SSSR count). The highest BCUT2D eigenvalue weighted by molar-refractivity contribution is 7.89. The molecule has 1 unspecified atom stereocenters. The number of fused-ring (bicyclic) bond motifs is 1. The normalized spacial score (nSPS) is 17.2. The third-order valence-electron chi connectivity index (χ3n) is 6.50. The Morgan fingerprint density at radius 1 is 1.09 bits per heavy atom. The molecule has 1 atom stereocenters. The van der Waals surface area contributed by atoms with Gasteiger partial charge in [-0.1, -0.05) is 36.8 Å². The van der Waals surface area contributed by atoms with Crippen LogP contribution in [0.5, 0.6) is 0 Å². The van der Waals surface area contributed by atoms with Crippen LogP contribution >= 0.6 is 11.3 Å². The van der Waals surface area contributed by atoms with Crippen LogP contribution in [0.15, 0.2) is 53.4 Å². The average molecular weight is 515 g/mol. The molecular weight excluding hydrogens is 480 g/mol. The molecule has 7 nitrogen and oxygen atoms in total. The van der Waals surface area contributed by atoms with Gasteiger partial charge in [0, 0.05) is 24.7 Å². The first kappa shape index (κ1) is 25.8. The summed E-state index contributed by atoms with van der Waals surface area (Å²) in [5.74, 6) is -0.170. The van der Waals surface area contributed by atoms with Crippen molar-refractivity contribution in [3.63, 3.8) is 0 Å². The molecule has 3 aromatic rings. The first-order valence-electron chi connectivity index (χ1n) is 12.3. The van der Waals surface area contributed by atoms with Crippen LogP contribution in [-0.2, 0) is 10.0 Å². The molecular formula is C26H34N4O3S2. The number of amides is 1. The topological polar surface area (TPSA) is 73.8 Å². The van der Waals surface area contributed by atoms with E-state index in [4.69, 9.17) is 4.98 Å². The zero-order chi connectivity index (χ0) is 25.0. The summed E-state index contributed by atoms with van der Waals surface area (Å²) < 4.78 is 29.3. The minimum atomic E-state index is -3.59. The fraction of sp³-hybridized carbons (Fsp3) is 0.462. The smallest absolute Gasteiger partial charge is 0.260 e. The lowest BCUT2D eigenvalue weighted by Gasteiger charge is -2.34. The standard InChI is InChI=1S/C26H34N4O3S2/c1-4-21-10-7-8-19-30(21)35(32,33)22-15-13-20(14-16-22)25(31)29(18-9-17-28(2)3)26-27-23-11-5-6-12-24(23)34-26/h5-6,11-16,21H,4,7-10,17-19H2,1-3H3. The van der Waals surface area contributed by atoms with Crippen molar-refractivity contribution in [3.8, 4) is 0 Å². The molecule has 188 valence electrons. The maximum absolute atomic E-state index is 13.6. The minimum Gasteiger partial charge on any atom is -0.309 e. The van der Waals surface area contributed by atoms with E-state index in [1.54, 1.807) is 33.5 Å². The summed E-state index contributed by atoms with van der Waals surface area (Å²) in [5, 5.41) is 0.658. The summed E-state index contributed by atoms with van der Waals surface area (Å²) in [6.07, 6.45) is 4.45. The van der Waals surface area contributed by atoms with Gasteiger partial charge in [-0.15, -0.1) is 0 Å². The van der Waals surface area contributed by atoms with Gasteiger partial charge >= 0.3 is 0 Å². The quantitative estimate of drug-likeness (QED) is 0.408. The molecule has 2 aromatic carbocycles. The van der Waals surface area contributed by atoms with Gasteiger partial charge in [0.15, 0.2) is 5.13 Å². The van der Waals surface area contributed by atoms with Crippen molar-refractivity contribution in [3.05, 3.63) is 54.1 Å². The van der Waals surface area contributed by atoms with E-state index >= 15 is 0 Å². The van der Waals surface area contributed by atoms with Crippen LogP contribution in [-0.4, -0.2) is 68.3 Å². The van der Waals surface area contributed by atoms with E-state index in [-0.39, 0.29) is 16.8 Å². The van der Waals surface area contributed by atoms with Gasteiger partial charge in [-0.2, -0.15) is 4.31 Å². The molecule has 35 heavy (non-hydrogen) atoms. The van der Waals surface area contributed by atoms with Crippen molar-refractivity contribution < 1.29 is 13.2 Å². The summed E-state index contributed by atoms with van der Waals surface area (Å²) in [6, 6.07) is 14.3. The van der Waals surface area contributed by atoms with Gasteiger partial charge in [-0.25, -0.2) is 13.4 Å². The molecule has 0 saturated carbocycles. The van der Waals surface area contributed by atoms with E-state index in [9.17, 15) is 13.2 Å². The molecule has 0 aliphatic carbocycles. The highest BCUT2D eigenvalue weighted by Gasteiger charge is 2.32. The third kappa shape index (κ3) is 5.74. The summed E-state index contributed by atoms with van der Waals surface area (Å²) in [6.45, 7) is 3.97. The Balaban J connectivity index is 1.59. The number of sulfonamides is 1. The van der Waals surface area contributed by atoms with Crippen LogP contribution in [0.4, 0.5) is 5.13 Å². The summed E-state index contributed by atoms with van der Waals surface area (Å²) >= 11 is 1.49. The van der Waals surface area contributed by atoms with E-state index < -0.39 is 10.0 Å². The summed E-state index contributed by atoms with van der Waals surface area (Å²) in [4.78, 5) is 22.3. The number of nitrogens with zero attached hydrogens (tertiary/aromatic N) is 4. The Hall–Kier alpha value is -2.33. The van der Waals surface area contributed by atoms with Crippen molar-refractivity contribution >= 4 is 42.6 Å². The van der Waals surface area contributed by atoms with Gasteiger partial charge in [0.05, 0.1) is 15.1 Å². The van der Waals surface area contributed by atoms with Crippen molar-refractivity contribution in [1.29, 1.82) is 0 Å². The Kier molecular flexibility index (Phi) is 8.21. The molecule has 1 aliphatic rings. The lowest BCUT2D eigenvalue weighted by molar-refractivity contribution is 0.0986. The Bertz CT molecular complexity index is 1220. The zero-order valence-corrected chi connectivity index (χ0v) is 22.3. The molecule has 9 heteroatoms. The lowest BCUT2D eigenvalue weighted by Crippen LogP contribution is -2.43. The number of para-hydroxylation sites is 1. The van der Waals surface area contributed by atoms with Crippen molar-refractivity contribution in [2.24, 2.45) is 0 Å². The van der Waals surface area contributed by atoms with Crippen LogP contribution in [0.2, 0.25) is 0 Å². The highest BCUT2D eigenvalue weighted by Crippen LogP contribution is 2.31. The number of carbonyl (C=O) groups is 1. The van der Waals surface area contributed by atoms with Crippen LogP contribution in [0, 0.1) is 0 Å². The Morgan fingerprint density at radius 3 is 2.51 bits per heavy atom. The van der Waals surface area contributed by atoms with Gasteiger partial charge in [-0.05, 0) is 82.7 Å². The summed E-state index contributed by atoms with van der Waals surface area (Å²) in [7, 11) is 0.430. The number of rotatable bonds is 9. The van der Waals surface area contributed by atoms with Crippen LogP contribution in [0.25, 0.3) is 10.2 Å². The average Bonchev–Trinajstić information content (AvgIpc) is 3.30. The van der Waals surface area contributed by atoms with Crippen LogP contribution in [0.1, 0.15) is 49.4 Å². The number of thiazole rings is 1. The molecule has 2 heterocycles. The maximum Gasteiger partial charge on any atom is 0.260 e. The van der Waals surface area contributed by atoms with E-state index in [2.05, 4.69) is 4.90 Å². The van der Waals surface area contributed by atoms with Gasteiger partial charge in [-0.3, -0.25) is 9.69 Å². The largest absolute Gasteiger partial charge is 0.309 e. The predicted octanol–water partition coefficient (Wildman–Crippen LogP) is 4.85.